The number of benzene rings is 2. The molecular weight excluding hydrogens is 388 g/mol. The first-order valence-corrected chi connectivity index (χ1v) is 11.5. The lowest BCUT2D eigenvalue weighted by Gasteiger charge is -2.26. The minimum Gasteiger partial charge on any atom is -0.469 e. The maximum atomic E-state index is 11.3. The summed E-state index contributed by atoms with van der Waals surface area (Å²) in [6.07, 6.45) is 6.02. The van der Waals surface area contributed by atoms with E-state index in [4.69, 9.17) is 9.47 Å². The molecule has 0 saturated carbocycles. The summed E-state index contributed by atoms with van der Waals surface area (Å²) in [5, 5.41) is 3.53. The minimum atomic E-state index is -0.193. The van der Waals surface area contributed by atoms with Crippen LogP contribution < -0.4 is 5.32 Å². The van der Waals surface area contributed by atoms with Gasteiger partial charge in [-0.1, -0.05) is 36.4 Å². The van der Waals surface area contributed by atoms with Gasteiger partial charge in [-0.3, -0.25) is 9.69 Å². The fourth-order valence-electron chi connectivity index (χ4n) is 3.87. The van der Waals surface area contributed by atoms with Gasteiger partial charge < -0.3 is 14.8 Å². The smallest absolute Gasteiger partial charge is 0.309 e. The van der Waals surface area contributed by atoms with E-state index >= 15 is 0 Å². The van der Waals surface area contributed by atoms with Crippen LogP contribution in [0.25, 0.3) is 0 Å². The molecule has 1 heterocycles. The number of rotatable bonds is 12. The van der Waals surface area contributed by atoms with Crippen LogP contribution in [-0.2, 0) is 33.5 Å². The van der Waals surface area contributed by atoms with Gasteiger partial charge in [-0.05, 0) is 67.5 Å². The lowest BCUT2D eigenvalue weighted by molar-refractivity contribution is -0.139. The molecule has 1 aliphatic heterocycles. The number of nitrogens with one attached hydrogen (secondary N) is 1. The number of methoxy groups -OCH3 is 1. The summed E-state index contributed by atoms with van der Waals surface area (Å²) in [6, 6.07) is 17.2. The Morgan fingerprint density at radius 2 is 1.48 bits per heavy atom. The average Bonchev–Trinajstić information content (AvgIpc) is 2.82. The Bertz CT molecular complexity index is 768. The summed E-state index contributed by atoms with van der Waals surface area (Å²) in [4.78, 5) is 13.8. The highest BCUT2D eigenvalue weighted by molar-refractivity contribution is 5.72. The van der Waals surface area contributed by atoms with Crippen LogP contribution in [0.1, 0.15) is 36.0 Å². The first-order chi connectivity index (χ1) is 15.2. The summed E-state index contributed by atoms with van der Waals surface area (Å²) in [7, 11) is 1.43. The highest BCUT2D eigenvalue weighted by Gasteiger charge is 2.09. The molecule has 0 bridgehead atoms. The molecule has 5 nitrogen and oxygen atoms in total. The maximum Gasteiger partial charge on any atom is 0.309 e. The summed E-state index contributed by atoms with van der Waals surface area (Å²) in [5.41, 5.74) is 4.93. The normalized spacial score (nSPS) is 14.4. The van der Waals surface area contributed by atoms with E-state index in [0.29, 0.717) is 6.42 Å². The minimum absolute atomic E-state index is 0.193. The molecule has 2 aromatic rings. The molecule has 1 N–H and O–H groups in total. The van der Waals surface area contributed by atoms with E-state index in [0.717, 1.165) is 70.6 Å². The number of ether oxygens (including phenoxy) is 2. The lowest BCUT2D eigenvalue weighted by Crippen LogP contribution is -2.37. The molecular formula is C26H36N2O3. The maximum absolute atomic E-state index is 11.3. The zero-order valence-electron chi connectivity index (χ0n) is 18.8. The molecule has 1 fully saturated rings. The molecule has 3 rings (SSSR count). The molecule has 0 aromatic heterocycles. The highest BCUT2D eigenvalue weighted by atomic mass is 16.5. The van der Waals surface area contributed by atoms with Crippen molar-refractivity contribution in [1.29, 1.82) is 0 Å². The molecule has 0 radical (unpaired) electrons. The molecule has 31 heavy (non-hydrogen) atoms. The molecule has 0 unspecified atom stereocenters. The van der Waals surface area contributed by atoms with Gasteiger partial charge in [-0.2, -0.15) is 0 Å². The summed E-state index contributed by atoms with van der Waals surface area (Å²) >= 11 is 0. The third-order valence-corrected chi connectivity index (χ3v) is 5.82. The lowest BCUT2D eigenvalue weighted by atomic mass is 10.0. The third-order valence-electron chi connectivity index (χ3n) is 5.82. The largest absolute Gasteiger partial charge is 0.469 e. The van der Waals surface area contributed by atoms with Gasteiger partial charge in [0.15, 0.2) is 0 Å². The third kappa shape index (κ3) is 8.72. The number of hydrogen-bond donors (Lipinski definition) is 1. The number of aryl methyl sites for hydroxylation is 2. The van der Waals surface area contributed by atoms with E-state index in [1.54, 1.807) is 0 Å². The molecule has 5 heteroatoms. The first kappa shape index (κ1) is 23.3. The molecule has 2 aromatic carbocycles. The van der Waals surface area contributed by atoms with Gasteiger partial charge in [0.1, 0.15) is 0 Å². The van der Waals surface area contributed by atoms with E-state index in [-0.39, 0.29) is 5.97 Å². The van der Waals surface area contributed by atoms with Crippen LogP contribution >= 0.6 is 0 Å². The van der Waals surface area contributed by atoms with Crippen molar-refractivity contribution in [3.05, 3.63) is 65.2 Å². The van der Waals surface area contributed by atoms with Gasteiger partial charge >= 0.3 is 5.97 Å². The average molecular weight is 425 g/mol. The van der Waals surface area contributed by atoms with Crippen LogP contribution in [-0.4, -0.2) is 57.4 Å². The van der Waals surface area contributed by atoms with Gasteiger partial charge in [0, 0.05) is 25.3 Å². The van der Waals surface area contributed by atoms with Gasteiger partial charge in [0.05, 0.1) is 26.7 Å². The Kier molecular flexibility index (Phi) is 9.87. The Balaban J connectivity index is 1.28. The highest BCUT2D eigenvalue weighted by Crippen LogP contribution is 2.14. The number of carbonyl (C=O) groups excluding carboxylic acids is 1. The van der Waals surface area contributed by atoms with Crippen LogP contribution in [0.4, 0.5) is 5.69 Å². The Morgan fingerprint density at radius 1 is 0.903 bits per heavy atom. The number of carbonyl (C=O) groups is 1. The van der Waals surface area contributed by atoms with Crippen molar-refractivity contribution in [2.75, 3.05) is 51.8 Å². The van der Waals surface area contributed by atoms with Crippen molar-refractivity contribution in [2.24, 2.45) is 0 Å². The molecule has 0 spiro atoms. The predicted molar refractivity (Wildman–Crippen MR) is 126 cm³/mol. The van der Waals surface area contributed by atoms with Crippen LogP contribution in [0.15, 0.2) is 48.5 Å². The second-order valence-corrected chi connectivity index (χ2v) is 8.21. The predicted octanol–water partition coefficient (Wildman–Crippen LogP) is 4.10. The molecule has 1 aliphatic rings. The van der Waals surface area contributed by atoms with Crippen molar-refractivity contribution in [3.8, 4) is 0 Å². The zero-order valence-corrected chi connectivity index (χ0v) is 18.8. The first-order valence-electron chi connectivity index (χ1n) is 11.5. The number of unbranched alkanes of at least 4 members (excludes halogenated alkanes) is 1. The zero-order chi connectivity index (χ0) is 21.7. The Hall–Kier alpha value is -2.37. The van der Waals surface area contributed by atoms with Crippen molar-refractivity contribution in [3.63, 3.8) is 0 Å². The van der Waals surface area contributed by atoms with Crippen LogP contribution in [0, 0.1) is 0 Å². The fourth-order valence-corrected chi connectivity index (χ4v) is 3.87. The van der Waals surface area contributed by atoms with E-state index in [1.807, 2.05) is 12.1 Å². The van der Waals surface area contributed by atoms with Crippen molar-refractivity contribution < 1.29 is 14.3 Å². The second-order valence-electron chi connectivity index (χ2n) is 8.21. The van der Waals surface area contributed by atoms with Crippen LogP contribution in [0.3, 0.4) is 0 Å². The molecule has 0 amide bonds. The fraction of sp³-hybridized carbons (Fsp3) is 0.500. The van der Waals surface area contributed by atoms with E-state index in [2.05, 4.69) is 46.6 Å². The number of esters is 1. The van der Waals surface area contributed by atoms with Gasteiger partial charge in [0.2, 0.25) is 0 Å². The molecule has 0 atom stereocenters. The number of nitrogens with zero attached hydrogens (tertiary/aromatic N) is 1. The van der Waals surface area contributed by atoms with E-state index in [1.165, 1.54) is 30.3 Å². The number of anilines is 1. The number of morpholine rings is 1. The second kappa shape index (κ2) is 13.1. The summed E-state index contributed by atoms with van der Waals surface area (Å²) in [6.45, 7) is 6.03. The van der Waals surface area contributed by atoms with Crippen LogP contribution in [0.2, 0.25) is 0 Å². The van der Waals surface area contributed by atoms with Gasteiger partial charge in [-0.15, -0.1) is 0 Å². The van der Waals surface area contributed by atoms with Crippen molar-refractivity contribution in [2.45, 2.75) is 38.5 Å². The summed E-state index contributed by atoms with van der Waals surface area (Å²) < 4.78 is 10.1. The van der Waals surface area contributed by atoms with Crippen molar-refractivity contribution in [1.82, 2.24) is 4.90 Å². The standard InChI is InChI=1S/C26H36N2O3/c1-30-26(29)21-24-9-7-22(8-10-24)5-2-3-6-23-11-13-25(14-12-23)27-15-4-16-28-17-19-31-20-18-28/h7-14,27H,2-6,15-21H2,1H3. The van der Waals surface area contributed by atoms with Crippen molar-refractivity contribution >= 4 is 11.7 Å². The van der Waals surface area contributed by atoms with E-state index in [9.17, 15) is 4.79 Å². The SMILES string of the molecule is COC(=O)Cc1ccc(CCCCc2ccc(NCCCN3CCOCC3)cc2)cc1. The number of hydrogen-bond acceptors (Lipinski definition) is 5. The quantitative estimate of drug-likeness (QED) is 0.411. The molecule has 168 valence electrons. The molecule has 0 aliphatic carbocycles. The van der Waals surface area contributed by atoms with Gasteiger partial charge in [-0.25, -0.2) is 0 Å². The Labute approximate surface area is 186 Å². The topological polar surface area (TPSA) is 50.8 Å². The van der Waals surface area contributed by atoms with E-state index < -0.39 is 0 Å². The van der Waals surface area contributed by atoms with Gasteiger partial charge in [0.25, 0.3) is 0 Å². The van der Waals surface area contributed by atoms with Crippen LogP contribution in [0.5, 0.6) is 0 Å². The monoisotopic (exact) mass is 424 g/mol. The summed E-state index contributed by atoms with van der Waals surface area (Å²) in [5.74, 6) is -0.193. The Morgan fingerprint density at radius 3 is 2.10 bits per heavy atom. The molecule has 1 saturated heterocycles.